The summed E-state index contributed by atoms with van der Waals surface area (Å²) >= 11 is 0. The molecule has 0 aromatic carbocycles. The Morgan fingerprint density at radius 3 is 2.69 bits per heavy atom. The number of amides is 1. The fourth-order valence-corrected chi connectivity index (χ4v) is 7.15. The number of rotatable bonds is 4. The first kappa shape index (κ1) is 20.6. The molecule has 0 spiro atoms. The number of ether oxygens (including phenoxy) is 1. The third-order valence-corrected chi connectivity index (χ3v) is 8.76. The van der Waals surface area contributed by atoms with Crippen LogP contribution in [0, 0.1) is 28.6 Å². The molecule has 29 heavy (non-hydrogen) atoms. The van der Waals surface area contributed by atoms with Crippen LogP contribution in [0.1, 0.15) is 65.2 Å². The second-order valence-corrected chi connectivity index (χ2v) is 10.1. The van der Waals surface area contributed by atoms with Gasteiger partial charge in [-0.3, -0.25) is 14.4 Å². The number of nitrogens with two attached hydrogens (primary N) is 1. The SMILES string of the molecule is C[C@]12CC[C@H]3[C@@H](CCC4=CC(=O)CC[C@@]43C)[C@@H]1CC[C@@H]2OC(=O)CNC(=O)CN. The maximum atomic E-state index is 12.3. The number of hydrogen-bond donors (Lipinski definition) is 2. The minimum Gasteiger partial charge on any atom is -0.460 e. The molecule has 0 saturated heterocycles. The van der Waals surface area contributed by atoms with E-state index in [1.54, 1.807) is 0 Å². The van der Waals surface area contributed by atoms with Crippen LogP contribution < -0.4 is 11.1 Å². The quantitative estimate of drug-likeness (QED) is 0.704. The summed E-state index contributed by atoms with van der Waals surface area (Å²) in [5.41, 5.74) is 6.83. The van der Waals surface area contributed by atoms with E-state index in [2.05, 4.69) is 19.2 Å². The van der Waals surface area contributed by atoms with Gasteiger partial charge in [0.2, 0.25) is 5.91 Å². The van der Waals surface area contributed by atoms with Crippen LogP contribution >= 0.6 is 0 Å². The Hall–Kier alpha value is -1.69. The topological polar surface area (TPSA) is 98.5 Å². The van der Waals surface area contributed by atoms with Gasteiger partial charge in [-0.25, -0.2) is 0 Å². The molecule has 6 heteroatoms. The molecule has 3 N–H and O–H groups in total. The highest BCUT2D eigenvalue weighted by molar-refractivity contribution is 5.91. The highest BCUT2D eigenvalue weighted by Gasteiger charge is 2.59. The van der Waals surface area contributed by atoms with Crippen molar-refractivity contribution in [2.45, 2.75) is 71.3 Å². The van der Waals surface area contributed by atoms with E-state index < -0.39 is 0 Å². The average molecular weight is 403 g/mol. The molecule has 4 rings (SSSR count). The summed E-state index contributed by atoms with van der Waals surface area (Å²) < 4.78 is 5.85. The number of fused-ring (bicyclic) bond motifs is 5. The van der Waals surface area contributed by atoms with Crippen molar-refractivity contribution < 1.29 is 19.1 Å². The molecule has 0 aromatic rings. The smallest absolute Gasteiger partial charge is 0.325 e. The van der Waals surface area contributed by atoms with E-state index in [-0.39, 0.29) is 41.9 Å². The lowest BCUT2D eigenvalue weighted by Gasteiger charge is -2.57. The van der Waals surface area contributed by atoms with E-state index >= 15 is 0 Å². The zero-order chi connectivity index (χ0) is 20.8. The first-order valence-electron chi connectivity index (χ1n) is 11.2. The van der Waals surface area contributed by atoms with Crippen LogP contribution in [0.2, 0.25) is 0 Å². The molecule has 4 aliphatic carbocycles. The van der Waals surface area contributed by atoms with Crippen LogP contribution in [-0.2, 0) is 19.1 Å². The second-order valence-electron chi connectivity index (χ2n) is 10.1. The third-order valence-electron chi connectivity index (χ3n) is 8.76. The minimum absolute atomic E-state index is 0.0107. The largest absolute Gasteiger partial charge is 0.460 e. The first-order chi connectivity index (χ1) is 13.8. The van der Waals surface area contributed by atoms with Crippen molar-refractivity contribution in [3.8, 4) is 0 Å². The van der Waals surface area contributed by atoms with E-state index in [1.165, 1.54) is 5.57 Å². The summed E-state index contributed by atoms with van der Waals surface area (Å²) in [4.78, 5) is 35.5. The number of carbonyl (C=O) groups excluding carboxylic acids is 3. The van der Waals surface area contributed by atoms with Gasteiger partial charge in [0, 0.05) is 11.8 Å². The van der Waals surface area contributed by atoms with Crippen molar-refractivity contribution in [3.05, 3.63) is 11.6 Å². The summed E-state index contributed by atoms with van der Waals surface area (Å²) in [6, 6.07) is 0. The Morgan fingerprint density at radius 2 is 1.93 bits per heavy atom. The molecule has 3 saturated carbocycles. The van der Waals surface area contributed by atoms with Crippen LogP contribution in [0.25, 0.3) is 0 Å². The van der Waals surface area contributed by atoms with E-state index in [1.807, 2.05) is 6.08 Å². The molecule has 6 atom stereocenters. The van der Waals surface area contributed by atoms with Gasteiger partial charge in [-0.1, -0.05) is 19.4 Å². The molecule has 6 nitrogen and oxygen atoms in total. The molecule has 0 bridgehead atoms. The van der Waals surface area contributed by atoms with E-state index in [4.69, 9.17) is 10.5 Å². The molecule has 0 aromatic heterocycles. The van der Waals surface area contributed by atoms with Crippen molar-refractivity contribution in [2.24, 2.45) is 34.3 Å². The summed E-state index contributed by atoms with van der Waals surface area (Å²) in [5, 5.41) is 2.50. The van der Waals surface area contributed by atoms with Crippen molar-refractivity contribution in [3.63, 3.8) is 0 Å². The minimum atomic E-state index is -0.368. The van der Waals surface area contributed by atoms with Crippen molar-refractivity contribution in [2.75, 3.05) is 13.1 Å². The Labute approximate surface area is 173 Å². The van der Waals surface area contributed by atoms with Crippen LogP contribution in [0.3, 0.4) is 0 Å². The second kappa shape index (κ2) is 7.53. The summed E-state index contributed by atoms with van der Waals surface area (Å²) in [6.07, 6.45) is 9.91. The van der Waals surface area contributed by atoms with Crippen LogP contribution in [0.15, 0.2) is 11.6 Å². The summed E-state index contributed by atoms with van der Waals surface area (Å²) in [5.74, 6) is 1.42. The summed E-state index contributed by atoms with van der Waals surface area (Å²) in [7, 11) is 0. The average Bonchev–Trinajstić information content (AvgIpc) is 3.03. The number of allylic oxidation sites excluding steroid dienone is 1. The van der Waals surface area contributed by atoms with Gasteiger partial charge < -0.3 is 15.8 Å². The van der Waals surface area contributed by atoms with Crippen molar-refractivity contribution >= 4 is 17.7 Å². The molecule has 4 aliphatic rings. The van der Waals surface area contributed by atoms with Gasteiger partial charge in [-0.05, 0) is 74.2 Å². The van der Waals surface area contributed by atoms with Gasteiger partial charge in [-0.2, -0.15) is 0 Å². The first-order valence-corrected chi connectivity index (χ1v) is 11.2. The molecule has 0 unspecified atom stereocenters. The lowest BCUT2D eigenvalue weighted by atomic mass is 9.47. The zero-order valence-corrected chi connectivity index (χ0v) is 17.7. The van der Waals surface area contributed by atoms with E-state index in [0.717, 1.165) is 44.9 Å². The van der Waals surface area contributed by atoms with Crippen molar-refractivity contribution in [1.82, 2.24) is 5.32 Å². The lowest BCUT2D eigenvalue weighted by molar-refractivity contribution is -0.159. The van der Waals surface area contributed by atoms with Gasteiger partial charge >= 0.3 is 5.97 Å². The number of carbonyl (C=O) groups is 3. The van der Waals surface area contributed by atoms with Crippen LogP contribution in [0.4, 0.5) is 0 Å². The molecule has 3 fully saturated rings. The summed E-state index contributed by atoms with van der Waals surface area (Å²) in [6.45, 7) is 4.45. The maximum Gasteiger partial charge on any atom is 0.325 e. The fourth-order valence-electron chi connectivity index (χ4n) is 7.15. The molecular formula is C23H34N2O4. The maximum absolute atomic E-state index is 12.3. The highest BCUT2D eigenvalue weighted by Crippen LogP contribution is 2.65. The van der Waals surface area contributed by atoms with Gasteiger partial charge in [0.15, 0.2) is 5.78 Å². The highest BCUT2D eigenvalue weighted by atomic mass is 16.5. The molecule has 160 valence electrons. The molecule has 0 heterocycles. The fraction of sp³-hybridized carbons (Fsp3) is 0.783. The lowest BCUT2D eigenvalue weighted by Crippen LogP contribution is -2.52. The molecule has 0 aliphatic heterocycles. The van der Waals surface area contributed by atoms with E-state index in [9.17, 15) is 14.4 Å². The standard InChI is InChI=1S/C23H34N2O4/c1-22-9-7-15(26)11-14(22)3-4-16-17-5-6-19(23(17,2)10-8-18(16)22)29-21(28)13-25-20(27)12-24/h11,16-19H,3-10,12-13,24H2,1-2H3,(H,25,27)/t16-,17-,18-,19-,22-,23-/m0/s1. The number of esters is 1. The van der Waals surface area contributed by atoms with Crippen molar-refractivity contribution in [1.29, 1.82) is 0 Å². The Balaban J connectivity index is 1.46. The Bertz CT molecular complexity index is 747. The zero-order valence-electron chi connectivity index (χ0n) is 17.7. The normalized spacial score (nSPS) is 40.9. The van der Waals surface area contributed by atoms with E-state index in [0.29, 0.717) is 30.0 Å². The van der Waals surface area contributed by atoms with Crippen LogP contribution in [-0.4, -0.2) is 36.9 Å². The Morgan fingerprint density at radius 1 is 1.14 bits per heavy atom. The predicted molar refractivity (Wildman–Crippen MR) is 109 cm³/mol. The molecule has 0 radical (unpaired) electrons. The monoisotopic (exact) mass is 402 g/mol. The number of hydrogen-bond acceptors (Lipinski definition) is 5. The van der Waals surface area contributed by atoms with Crippen LogP contribution in [0.5, 0.6) is 0 Å². The third kappa shape index (κ3) is 3.43. The Kier molecular flexibility index (Phi) is 5.34. The predicted octanol–water partition coefficient (Wildman–Crippen LogP) is 2.50. The van der Waals surface area contributed by atoms with Gasteiger partial charge in [0.1, 0.15) is 12.6 Å². The molecular weight excluding hydrogens is 368 g/mol. The number of ketones is 1. The van der Waals surface area contributed by atoms with Gasteiger partial charge in [0.25, 0.3) is 0 Å². The van der Waals surface area contributed by atoms with Gasteiger partial charge in [0.05, 0.1) is 6.54 Å². The molecule has 1 amide bonds. The number of nitrogens with one attached hydrogen (secondary N) is 1. The van der Waals surface area contributed by atoms with Gasteiger partial charge in [-0.15, -0.1) is 0 Å².